The van der Waals surface area contributed by atoms with Gasteiger partial charge < -0.3 is 20.5 Å². The average Bonchev–Trinajstić information content (AvgIpc) is 2.73. The lowest BCUT2D eigenvalue weighted by Crippen LogP contribution is -2.43. The highest BCUT2D eigenvalue weighted by Crippen LogP contribution is 2.35. The molecule has 1 saturated carbocycles. The van der Waals surface area contributed by atoms with Crippen molar-refractivity contribution in [3.05, 3.63) is 56.8 Å². The summed E-state index contributed by atoms with van der Waals surface area (Å²) >= 11 is 0. The minimum absolute atomic E-state index is 0.0623. The van der Waals surface area contributed by atoms with Gasteiger partial charge in [0.15, 0.2) is 0 Å². The minimum atomic E-state index is -0.486. The molecule has 2 aromatic heterocycles. The van der Waals surface area contributed by atoms with E-state index in [1.807, 2.05) is 26.8 Å². The molecule has 32 heavy (non-hydrogen) atoms. The minimum Gasteiger partial charge on any atom is -0.366 e. The molecular weight excluding hydrogens is 402 g/mol. The second kappa shape index (κ2) is 9.86. The fourth-order valence-corrected chi connectivity index (χ4v) is 5.10. The standard InChI is InChI=1S/C25H37N5O2/c1-15-11-16(2)28-25(32)22(15)14-30(23-13-27-12-21(17(23)3)24(26)31)18(4)19-7-9-20(10-8-19)29(5)6/h11-13,18-20H,7-10,14H2,1-6H3,(H2,26,31)(H,28,32). The summed E-state index contributed by atoms with van der Waals surface area (Å²) in [4.78, 5) is 36.6. The van der Waals surface area contributed by atoms with E-state index in [1.54, 1.807) is 6.20 Å². The number of aryl methyl sites for hydroxylation is 2. The molecule has 1 aliphatic rings. The lowest BCUT2D eigenvalue weighted by molar-refractivity contribution is 0.0999. The first-order chi connectivity index (χ1) is 15.1. The molecule has 2 aromatic rings. The van der Waals surface area contributed by atoms with Gasteiger partial charge in [0.2, 0.25) is 0 Å². The van der Waals surface area contributed by atoms with Crippen molar-refractivity contribution in [1.82, 2.24) is 14.9 Å². The van der Waals surface area contributed by atoms with Gasteiger partial charge in [0.25, 0.3) is 11.5 Å². The Balaban J connectivity index is 2.00. The van der Waals surface area contributed by atoms with Crippen LogP contribution < -0.4 is 16.2 Å². The molecule has 1 unspecified atom stereocenters. The zero-order valence-corrected chi connectivity index (χ0v) is 20.2. The number of nitrogens with one attached hydrogen (secondary N) is 1. The van der Waals surface area contributed by atoms with Gasteiger partial charge >= 0.3 is 0 Å². The number of carbonyl (C=O) groups excluding carboxylic acids is 1. The van der Waals surface area contributed by atoms with E-state index < -0.39 is 5.91 Å². The number of aromatic nitrogens is 2. The first-order valence-corrected chi connectivity index (χ1v) is 11.5. The smallest absolute Gasteiger partial charge is 0.253 e. The van der Waals surface area contributed by atoms with Gasteiger partial charge in [-0.1, -0.05) is 0 Å². The van der Waals surface area contributed by atoms with Crippen molar-refractivity contribution in [1.29, 1.82) is 0 Å². The summed E-state index contributed by atoms with van der Waals surface area (Å²) in [6.45, 7) is 8.47. The third kappa shape index (κ3) is 5.04. The van der Waals surface area contributed by atoms with Crippen LogP contribution in [-0.4, -0.2) is 47.0 Å². The molecule has 0 spiro atoms. The molecule has 0 saturated heterocycles. The second-order valence-electron chi connectivity index (χ2n) is 9.54. The molecule has 1 atom stereocenters. The molecule has 7 heteroatoms. The van der Waals surface area contributed by atoms with Crippen LogP contribution in [0, 0.1) is 26.7 Å². The highest BCUT2D eigenvalue weighted by atomic mass is 16.1. The molecule has 3 rings (SSSR count). The summed E-state index contributed by atoms with van der Waals surface area (Å²) in [5.74, 6) is 0.00739. The van der Waals surface area contributed by atoms with Crippen LogP contribution in [0.15, 0.2) is 23.3 Å². The Morgan fingerprint density at radius 1 is 1.19 bits per heavy atom. The van der Waals surface area contributed by atoms with Crippen molar-refractivity contribution in [3.8, 4) is 0 Å². The lowest BCUT2D eigenvalue weighted by Gasteiger charge is -2.41. The van der Waals surface area contributed by atoms with E-state index >= 15 is 0 Å². The maximum atomic E-state index is 12.8. The third-order valence-corrected chi connectivity index (χ3v) is 7.23. The number of nitrogens with two attached hydrogens (primary N) is 1. The topological polar surface area (TPSA) is 95.3 Å². The van der Waals surface area contributed by atoms with Gasteiger partial charge in [-0.3, -0.25) is 14.6 Å². The lowest BCUT2D eigenvalue weighted by atomic mass is 9.81. The normalized spacial score (nSPS) is 19.7. The maximum absolute atomic E-state index is 12.8. The number of amides is 1. The molecule has 1 amide bonds. The number of aromatic amines is 1. The van der Waals surface area contributed by atoms with E-state index in [0.717, 1.165) is 40.9 Å². The van der Waals surface area contributed by atoms with Gasteiger partial charge in [-0.15, -0.1) is 0 Å². The monoisotopic (exact) mass is 439 g/mol. The number of carbonyl (C=O) groups is 1. The summed E-state index contributed by atoms with van der Waals surface area (Å²) < 4.78 is 0. The molecule has 174 valence electrons. The van der Waals surface area contributed by atoms with Crippen molar-refractivity contribution in [3.63, 3.8) is 0 Å². The fraction of sp³-hybridized carbons (Fsp3) is 0.560. The Hall–Kier alpha value is -2.67. The third-order valence-electron chi connectivity index (χ3n) is 7.23. The molecule has 0 radical (unpaired) electrons. The first-order valence-electron chi connectivity index (χ1n) is 11.5. The zero-order chi connectivity index (χ0) is 23.6. The van der Waals surface area contributed by atoms with Crippen molar-refractivity contribution < 1.29 is 4.79 Å². The van der Waals surface area contributed by atoms with E-state index in [4.69, 9.17) is 5.73 Å². The predicted octanol–water partition coefficient (Wildman–Crippen LogP) is 3.31. The van der Waals surface area contributed by atoms with Crippen LogP contribution in [-0.2, 0) is 6.54 Å². The SMILES string of the molecule is Cc1cc(C)c(CN(c2cncc(C(N)=O)c2C)C(C)C2CCC(N(C)C)CC2)c(=O)[nH]1. The molecule has 0 aromatic carbocycles. The Labute approximate surface area is 191 Å². The molecule has 7 nitrogen and oxygen atoms in total. The van der Waals surface area contributed by atoms with Crippen molar-refractivity contribution in [2.75, 3.05) is 19.0 Å². The summed E-state index contributed by atoms with van der Waals surface area (Å²) in [7, 11) is 4.30. The fourth-order valence-electron chi connectivity index (χ4n) is 5.10. The van der Waals surface area contributed by atoms with E-state index in [-0.39, 0.29) is 11.6 Å². The average molecular weight is 440 g/mol. The number of pyridine rings is 2. The van der Waals surface area contributed by atoms with Crippen molar-refractivity contribution >= 4 is 11.6 Å². The predicted molar refractivity (Wildman–Crippen MR) is 129 cm³/mol. The van der Waals surface area contributed by atoms with Gasteiger partial charge in [0, 0.05) is 36.1 Å². The largest absolute Gasteiger partial charge is 0.366 e. The summed E-state index contributed by atoms with van der Waals surface area (Å²) in [5.41, 5.74) is 10.2. The zero-order valence-electron chi connectivity index (χ0n) is 20.2. The Kier molecular flexibility index (Phi) is 7.39. The van der Waals surface area contributed by atoms with Gasteiger partial charge in [0.05, 0.1) is 17.4 Å². The molecule has 1 fully saturated rings. The van der Waals surface area contributed by atoms with E-state index in [0.29, 0.717) is 24.1 Å². The van der Waals surface area contributed by atoms with Gasteiger partial charge in [0.1, 0.15) is 0 Å². The van der Waals surface area contributed by atoms with Crippen LogP contribution in [0.25, 0.3) is 0 Å². The maximum Gasteiger partial charge on any atom is 0.253 e. The molecule has 3 N–H and O–H groups in total. The summed E-state index contributed by atoms with van der Waals surface area (Å²) in [5, 5.41) is 0. The van der Waals surface area contributed by atoms with E-state index in [2.05, 4.69) is 40.8 Å². The van der Waals surface area contributed by atoms with Crippen LogP contribution >= 0.6 is 0 Å². The van der Waals surface area contributed by atoms with E-state index in [1.165, 1.54) is 19.0 Å². The number of H-pyrrole nitrogens is 1. The quantitative estimate of drug-likeness (QED) is 0.690. The number of hydrogen-bond donors (Lipinski definition) is 2. The number of hydrogen-bond acceptors (Lipinski definition) is 5. The van der Waals surface area contributed by atoms with Crippen molar-refractivity contribution in [2.45, 2.75) is 72.0 Å². The molecule has 0 bridgehead atoms. The molecular formula is C25H37N5O2. The van der Waals surface area contributed by atoms with Crippen LogP contribution in [0.3, 0.4) is 0 Å². The van der Waals surface area contributed by atoms with E-state index in [9.17, 15) is 9.59 Å². The van der Waals surface area contributed by atoms with Crippen LogP contribution in [0.5, 0.6) is 0 Å². The Morgan fingerprint density at radius 2 is 1.84 bits per heavy atom. The number of primary amides is 1. The second-order valence-corrected chi connectivity index (χ2v) is 9.54. The van der Waals surface area contributed by atoms with Gasteiger partial charge in [-0.2, -0.15) is 0 Å². The first kappa shape index (κ1) is 24.0. The van der Waals surface area contributed by atoms with Gasteiger partial charge in [-0.05, 0) is 90.6 Å². The van der Waals surface area contributed by atoms with Crippen LogP contribution in [0.2, 0.25) is 0 Å². The van der Waals surface area contributed by atoms with Crippen LogP contribution in [0.1, 0.15) is 65.3 Å². The molecule has 2 heterocycles. The number of nitrogens with zero attached hydrogens (tertiary/aromatic N) is 3. The van der Waals surface area contributed by atoms with Crippen LogP contribution in [0.4, 0.5) is 5.69 Å². The van der Waals surface area contributed by atoms with Crippen molar-refractivity contribution in [2.24, 2.45) is 11.7 Å². The summed E-state index contributed by atoms with van der Waals surface area (Å²) in [6.07, 6.45) is 7.91. The molecule has 0 aliphatic heterocycles. The molecule has 1 aliphatic carbocycles. The van der Waals surface area contributed by atoms with Gasteiger partial charge in [-0.25, -0.2) is 0 Å². The summed E-state index contributed by atoms with van der Waals surface area (Å²) in [6, 6.07) is 2.81. The number of anilines is 1. The highest BCUT2D eigenvalue weighted by Gasteiger charge is 2.31. The number of rotatable bonds is 7. The highest BCUT2D eigenvalue weighted by molar-refractivity contribution is 5.95. The Bertz CT molecular complexity index is 1020. The Morgan fingerprint density at radius 3 is 2.41 bits per heavy atom.